The zero-order valence-corrected chi connectivity index (χ0v) is 29.5. The molecule has 0 amide bonds. The molecule has 3 heterocycles. The molecule has 5 nitrogen and oxygen atoms in total. The van der Waals surface area contributed by atoms with Gasteiger partial charge in [-0.25, -0.2) is 9.69 Å². The number of hydrogen-bond acceptors (Lipinski definition) is 0. The van der Waals surface area contributed by atoms with E-state index in [0.717, 1.165) is 61.0 Å². The minimum Gasteiger partial charge on any atom is -0.320 e. The number of fused-ring (bicyclic) bond motifs is 9. The summed E-state index contributed by atoms with van der Waals surface area (Å²) >= 11 is 0. The summed E-state index contributed by atoms with van der Waals surface area (Å²) in [5, 5.41) is 6.72. The highest BCUT2D eigenvalue weighted by atomic mass is 15.0. The molecule has 0 unspecified atom stereocenters. The third-order valence-electron chi connectivity index (χ3n) is 11.1. The van der Waals surface area contributed by atoms with E-state index < -0.39 is 0 Å². The molecule has 0 aliphatic rings. The van der Waals surface area contributed by atoms with E-state index in [0.29, 0.717) is 11.4 Å². The van der Waals surface area contributed by atoms with Crippen molar-refractivity contribution in [1.82, 2.24) is 13.7 Å². The molecule has 0 N–H and O–H groups in total. The van der Waals surface area contributed by atoms with Crippen LogP contribution in [0.15, 0.2) is 176 Å². The van der Waals surface area contributed by atoms with Crippen molar-refractivity contribution in [2.75, 3.05) is 0 Å². The molecular formula is C50H29N5. The van der Waals surface area contributed by atoms with Gasteiger partial charge in [-0.15, -0.1) is 0 Å². The highest BCUT2D eigenvalue weighted by Gasteiger charge is 2.22. The van der Waals surface area contributed by atoms with Gasteiger partial charge in [-0.3, -0.25) is 0 Å². The van der Waals surface area contributed by atoms with Crippen LogP contribution in [0.25, 0.3) is 103 Å². The van der Waals surface area contributed by atoms with Gasteiger partial charge in [0, 0.05) is 38.0 Å². The average Bonchev–Trinajstić information content (AvgIpc) is 3.89. The second-order valence-corrected chi connectivity index (χ2v) is 13.9. The van der Waals surface area contributed by atoms with Crippen LogP contribution in [-0.2, 0) is 0 Å². The van der Waals surface area contributed by atoms with Crippen molar-refractivity contribution in [1.29, 1.82) is 0 Å². The second kappa shape index (κ2) is 11.8. The second-order valence-electron chi connectivity index (χ2n) is 13.9. The molecule has 254 valence electrons. The molecule has 5 heteroatoms. The lowest BCUT2D eigenvalue weighted by Gasteiger charge is -2.17. The van der Waals surface area contributed by atoms with E-state index >= 15 is 0 Å². The molecular weight excluding hydrogens is 671 g/mol. The molecule has 0 spiro atoms. The predicted molar refractivity (Wildman–Crippen MR) is 227 cm³/mol. The minimum absolute atomic E-state index is 0.546. The Balaban J connectivity index is 1.18. The maximum Gasteiger partial charge on any atom is 0.210 e. The van der Waals surface area contributed by atoms with Gasteiger partial charge < -0.3 is 13.7 Å². The van der Waals surface area contributed by atoms with Crippen molar-refractivity contribution in [2.45, 2.75) is 0 Å². The number of nitrogens with zero attached hydrogens (tertiary/aromatic N) is 5. The number of hydrogen-bond donors (Lipinski definition) is 0. The third kappa shape index (κ3) is 4.33. The lowest BCUT2D eigenvalue weighted by Crippen LogP contribution is -1.99. The first-order valence-corrected chi connectivity index (χ1v) is 18.3. The van der Waals surface area contributed by atoms with Crippen molar-refractivity contribution in [3.63, 3.8) is 0 Å². The summed E-state index contributed by atoms with van der Waals surface area (Å²) in [6, 6.07) is 61.3. The van der Waals surface area contributed by atoms with Crippen LogP contribution in [0.5, 0.6) is 0 Å². The first-order chi connectivity index (χ1) is 27.2. The van der Waals surface area contributed by atoms with Gasteiger partial charge in [0.2, 0.25) is 5.69 Å². The maximum absolute atomic E-state index is 8.23. The molecule has 0 saturated carbocycles. The fourth-order valence-electron chi connectivity index (χ4n) is 8.86. The summed E-state index contributed by atoms with van der Waals surface area (Å²) in [5.74, 6) is 0. The fraction of sp³-hybridized carbons (Fsp3) is 0. The van der Waals surface area contributed by atoms with Crippen LogP contribution in [0.2, 0.25) is 0 Å². The minimum atomic E-state index is 0.546. The van der Waals surface area contributed by atoms with E-state index in [9.17, 15) is 0 Å². The van der Waals surface area contributed by atoms with Gasteiger partial charge >= 0.3 is 0 Å². The molecule has 55 heavy (non-hydrogen) atoms. The Labute approximate surface area is 316 Å². The standard InChI is InChI=1S/C50H29N5/c1-51-38-30-29-32(31-48(38)55-43-24-11-6-18-36(43)49-39(52-2)20-13-26-45(49)55)33-15-3-8-21-40(33)53-44-25-12-7-19-37(44)50-46(53)27-14-28-47(50)54-41-22-9-4-16-34(41)35-17-5-10-23-42(35)54/h3-31H. The highest BCUT2D eigenvalue weighted by molar-refractivity contribution is 6.17. The molecule has 11 rings (SSSR count). The summed E-state index contributed by atoms with van der Waals surface area (Å²) < 4.78 is 6.95. The molecule has 8 aromatic carbocycles. The van der Waals surface area contributed by atoms with Crippen LogP contribution in [-0.4, -0.2) is 13.7 Å². The average molecular weight is 700 g/mol. The molecule has 0 aliphatic carbocycles. The molecule has 0 radical (unpaired) electrons. The van der Waals surface area contributed by atoms with Gasteiger partial charge in [0.1, 0.15) is 0 Å². The van der Waals surface area contributed by atoms with Gasteiger partial charge in [-0.2, -0.15) is 0 Å². The molecule has 0 aliphatic heterocycles. The smallest absolute Gasteiger partial charge is 0.210 e. The van der Waals surface area contributed by atoms with E-state index in [1.54, 1.807) is 0 Å². The normalized spacial score (nSPS) is 11.6. The van der Waals surface area contributed by atoms with Gasteiger partial charge in [0.05, 0.1) is 57.8 Å². The summed E-state index contributed by atoms with van der Waals surface area (Å²) in [7, 11) is 0. The largest absolute Gasteiger partial charge is 0.320 e. The lowest BCUT2D eigenvalue weighted by atomic mass is 10.0. The fourth-order valence-corrected chi connectivity index (χ4v) is 8.86. The van der Waals surface area contributed by atoms with Crippen LogP contribution in [0.4, 0.5) is 11.4 Å². The molecule has 0 atom stereocenters. The lowest BCUT2D eigenvalue weighted by molar-refractivity contribution is 1.17. The van der Waals surface area contributed by atoms with Crippen LogP contribution in [0.1, 0.15) is 0 Å². The Hall–Kier alpha value is -7.86. The van der Waals surface area contributed by atoms with E-state index in [2.05, 4.69) is 163 Å². The Morgan fingerprint density at radius 2 is 0.782 bits per heavy atom. The van der Waals surface area contributed by atoms with Crippen molar-refractivity contribution in [3.05, 3.63) is 199 Å². The van der Waals surface area contributed by atoms with Crippen molar-refractivity contribution in [2.24, 2.45) is 0 Å². The van der Waals surface area contributed by atoms with Gasteiger partial charge in [0.15, 0.2) is 5.69 Å². The van der Waals surface area contributed by atoms with Gasteiger partial charge in [-0.05, 0) is 65.5 Å². The Kier molecular flexibility index (Phi) is 6.61. The summed E-state index contributed by atoms with van der Waals surface area (Å²) in [4.78, 5) is 7.89. The number of benzene rings is 8. The SMILES string of the molecule is [C-]#[N+]c1ccc(-c2ccccc2-n2c3ccccc3c3c(-n4c5ccccc5c5ccccc54)cccc32)cc1-n1c2ccccc2c2c([N+]#[C-])cccc21. The molecule has 11 aromatic rings. The molecule has 0 fully saturated rings. The topological polar surface area (TPSA) is 23.5 Å². The third-order valence-corrected chi connectivity index (χ3v) is 11.1. The summed E-state index contributed by atoms with van der Waals surface area (Å²) in [6.07, 6.45) is 0. The van der Waals surface area contributed by atoms with Crippen molar-refractivity contribution < 1.29 is 0 Å². The first-order valence-electron chi connectivity index (χ1n) is 18.3. The van der Waals surface area contributed by atoms with Crippen molar-refractivity contribution in [3.8, 4) is 28.2 Å². The quantitative estimate of drug-likeness (QED) is 0.163. The van der Waals surface area contributed by atoms with Crippen LogP contribution in [0.3, 0.4) is 0 Å². The first kappa shape index (κ1) is 30.7. The van der Waals surface area contributed by atoms with E-state index in [-0.39, 0.29) is 0 Å². The number of aromatic nitrogens is 3. The van der Waals surface area contributed by atoms with Crippen LogP contribution in [0, 0.1) is 13.1 Å². The highest BCUT2D eigenvalue weighted by Crippen LogP contribution is 2.44. The monoisotopic (exact) mass is 699 g/mol. The zero-order chi connectivity index (χ0) is 36.6. The molecule has 0 bridgehead atoms. The number of rotatable bonds is 4. The number of para-hydroxylation sites is 5. The van der Waals surface area contributed by atoms with E-state index in [4.69, 9.17) is 13.1 Å². The van der Waals surface area contributed by atoms with Gasteiger partial charge in [-0.1, -0.05) is 121 Å². The van der Waals surface area contributed by atoms with E-state index in [1.807, 2.05) is 36.4 Å². The molecule has 3 aromatic heterocycles. The Morgan fingerprint density at radius 3 is 1.44 bits per heavy atom. The summed E-state index contributed by atoms with van der Waals surface area (Å²) in [5.41, 5.74) is 12.6. The van der Waals surface area contributed by atoms with Crippen LogP contribution >= 0.6 is 0 Å². The predicted octanol–water partition coefficient (Wildman–Crippen LogP) is 13.7. The summed E-state index contributed by atoms with van der Waals surface area (Å²) in [6.45, 7) is 16.2. The Morgan fingerprint density at radius 1 is 0.327 bits per heavy atom. The van der Waals surface area contributed by atoms with Crippen LogP contribution < -0.4 is 0 Å². The molecule has 0 saturated heterocycles. The Bertz CT molecular complexity index is 3420. The van der Waals surface area contributed by atoms with E-state index in [1.165, 1.54) is 32.6 Å². The maximum atomic E-state index is 8.23. The van der Waals surface area contributed by atoms with Gasteiger partial charge in [0.25, 0.3) is 0 Å². The zero-order valence-electron chi connectivity index (χ0n) is 29.5. The van der Waals surface area contributed by atoms with Crippen molar-refractivity contribution >= 4 is 76.8 Å².